The number of pyridine rings is 1. The molecule has 0 saturated carbocycles. The van der Waals surface area contributed by atoms with E-state index in [4.69, 9.17) is 4.74 Å². The normalized spacial score (nSPS) is 19.1. The van der Waals surface area contributed by atoms with Crippen LogP contribution in [0.3, 0.4) is 0 Å². The number of nitrogens with zero attached hydrogens (tertiary/aromatic N) is 1. The van der Waals surface area contributed by atoms with Gasteiger partial charge in [-0.05, 0) is 37.6 Å². The average molecular weight is 315 g/mol. The summed E-state index contributed by atoms with van der Waals surface area (Å²) in [4.78, 5) is 17.7. The Kier molecular flexibility index (Phi) is 4.98. The number of hydrogen-bond acceptors (Lipinski definition) is 4. The number of ether oxygens (including phenoxy) is 1. The Balaban J connectivity index is 1.84. The van der Waals surface area contributed by atoms with Crippen LogP contribution in [-0.2, 0) is 6.54 Å². The van der Waals surface area contributed by atoms with Crippen LogP contribution in [0.25, 0.3) is 10.9 Å². The van der Waals surface area contributed by atoms with Gasteiger partial charge in [-0.25, -0.2) is 0 Å². The SMILES string of the molecule is CCOc1ccc2[nH]c(=O)c(CN3CCNC(CC)C3)cc2c1. The lowest BCUT2D eigenvalue weighted by atomic mass is 10.1. The fourth-order valence-electron chi connectivity index (χ4n) is 3.16. The second kappa shape index (κ2) is 7.15. The smallest absolute Gasteiger partial charge is 0.252 e. The van der Waals surface area contributed by atoms with Crippen molar-refractivity contribution in [2.24, 2.45) is 0 Å². The van der Waals surface area contributed by atoms with Crippen LogP contribution in [-0.4, -0.2) is 42.2 Å². The van der Waals surface area contributed by atoms with E-state index in [-0.39, 0.29) is 5.56 Å². The fourth-order valence-corrected chi connectivity index (χ4v) is 3.16. The maximum absolute atomic E-state index is 12.3. The Morgan fingerprint density at radius 3 is 2.96 bits per heavy atom. The Bertz CT molecular complexity index is 726. The van der Waals surface area contributed by atoms with Gasteiger partial charge in [-0.3, -0.25) is 9.69 Å². The van der Waals surface area contributed by atoms with E-state index in [9.17, 15) is 4.79 Å². The molecule has 0 aliphatic carbocycles. The first-order valence-electron chi connectivity index (χ1n) is 8.44. The minimum Gasteiger partial charge on any atom is -0.494 e. The summed E-state index contributed by atoms with van der Waals surface area (Å²) in [6.45, 7) is 8.46. The summed E-state index contributed by atoms with van der Waals surface area (Å²) in [5.41, 5.74) is 1.69. The highest BCUT2D eigenvalue weighted by molar-refractivity contribution is 5.80. The molecule has 0 radical (unpaired) electrons. The summed E-state index contributed by atoms with van der Waals surface area (Å²) in [6.07, 6.45) is 1.11. The van der Waals surface area contributed by atoms with Crippen LogP contribution in [0.2, 0.25) is 0 Å². The van der Waals surface area contributed by atoms with Crippen LogP contribution in [0, 0.1) is 0 Å². The van der Waals surface area contributed by atoms with Gasteiger partial charge in [-0.2, -0.15) is 0 Å². The maximum atomic E-state index is 12.3. The zero-order valence-electron chi connectivity index (χ0n) is 13.9. The third kappa shape index (κ3) is 3.74. The van der Waals surface area contributed by atoms with Gasteiger partial charge in [0.25, 0.3) is 5.56 Å². The van der Waals surface area contributed by atoms with Crippen molar-refractivity contribution in [3.05, 3.63) is 40.2 Å². The molecule has 124 valence electrons. The molecule has 3 rings (SSSR count). The topological polar surface area (TPSA) is 57.4 Å². The molecule has 1 unspecified atom stereocenters. The van der Waals surface area contributed by atoms with Gasteiger partial charge in [0, 0.05) is 48.7 Å². The number of fused-ring (bicyclic) bond motifs is 1. The second-order valence-electron chi connectivity index (χ2n) is 6.10. The Hall–Kier alpha value is -1.85. The zero-order valence-corrected chi connectivity index (χ0v) is 13.9. The molecule has 1 aliphatic rings. The molecule has 2 N–H and O–H groups in total. The first kappa shape index (κ1) is 16.0. The lowest BCUT2D eigenvalue weighted by Crippen LogP contribution is -2.50. The third-order valence-electron chi connectivity index (χ3n) is 4.43. The van der Waals surface area contributed by atoms with E-state index in [0.717, 1.165) is 48.3 Å². The quantitative estimate of drug-likeness (QED) is 0.887. The minimum atomic E-state index is 0.00763. The van der Waals surface area contributed by atoms with Crippen LogP contribution >= 0.6 is 0 Å². The molecular formula is C18H25N3O2. The minimum absolute atomic E-state index is 0.00763. The predicted molar refractivity (Wildman–Crippen MR) is 93.1 cm³/mol. The zero-order chi connectivity index (χ0) is 16.2. The van der Waals surface area contributed by atoms with Crippen molar-refractivity contribution in [2.45, 2.75) is 32.9 Å². The van der Waals surface area contributed by atoms with Crippen molar-refractivity contribution in [2.75, 3.05) is 26.2 Å². The molecule has 0 bridgehead atoms. The van der Waals surface area contributed by atoms with Gasteiger partial charge in [0.05, 0.1) is 6.61 Å². The van der Waals surface area contributed by atoms with Crippen molar-refractivity contribution in [1.82, 2.24) is 15.2 Å². The number of aromatic amines is 1. The largest absolute Gasteiger partial charge is 0.494 e. The average Bonchev–Trinajstić information content (AvgIpc) is 2.56. The standard InChI is InChI=1S/C18H25N3O2/c1-3-15-12-21(8-7-19-15)11-14-9-13-10-16(23-4-2)5-6-17(13)20-18(14)22/h5-6,9-10,15,19H,3-4,7-8,11-12H2,1-2H3,(H,20,22). The van der Waals surface area contributed by atoms with Crippen LogP contribution in [0.5, 0.6) is 5.75 Å². The molecule has 2 heterocycles. The molecule has 1 fully saturated rings. The van der Waals surface area contributed by atoms with Gasteiger partial charge >= 0.3 is 0 Å². The molecule has 1 saturated heterocycles. The second-order valence-corrected chi connectivity index (χ2v) is 6.10. The monoisotopic (exact) mass is 315 g/mol. The van der Waals surface area contributed by atoms with Crippen molar-refractivity contribution in [1.29, 1.82) is 0 Å². The fraction of sp³-hybridized carbons (Fsp3) is 0.500. The number of aromatic nitrogens is 1. The highest BCUT2D eigenvalue weighted by Crippen LogP contribution is 2.20. The number of hydrogen-bond donors (Lipinski definition) is 2. The summed E-state index contributed by atoms with van der Waals surface area (Å²) in [5, 5.41) is 4.53. The lowest BCUT2D eigenvalue weighted by molar-refractivity contribution is 0.189. The molecule has 5 heteroatoms. The van der Waals surface area contributed by atoms with E-state index in [0.29, 0.717) is 19.2 Å². The maximum Gasteiger partial charge on any atom is 0.252 e. The van der Waals surface area contributed by atoms with Crippen LogP contribution in [0.15, 0.2) is 29.1 Å². The molecule has 1 aliphatic heterocycles. The predicted octanol–water partition coefficient (Wildman–Crippen LogP) is 2.11. The van der Waals surface area contributed by atoms with Gasteiger partial charge < -0.3 is 15.0 Å². The molecule has 0 amide bonds. The molecule has 23 heavy (non-hydrogen) atoms. The lowest BCUT2D eigenvalue weighted by Gasteiger charge is -2.33. The first-order chi connectivity index (χ1) is 11.2. The molecule has 1 aromatic carbocycles. The van der Waals surface area contributed by atoms with E-state index in [1.807, 2.05) is 31.2 Å². The van der Waals surface area contributed by atoms with E-state index in [2.05, 4.69) is 22.1 Å². The molecular weight excluding hydrogens is 290 g/mol. The molecule has 2 aromatic rings. The highest BCUT2D eigenvalue weighted by atomic mass is 16.5. The van der Waals surface area contributed by atoms with Gasteiger partial charge in [-0.1, -0.05) is 6.92 Å². The van der Waals surface area contributed by atoms with Crippen molar-refractivity contribution >= 4 is 10.9 Å². The van der Waals surface area contributed by atoms with E-state index < -0.39 is 0 Å². The Morgan fingerprint density at radius 1 is 1.30 bits per heavy atom. The Labute approximate surface area is 136 Å². The summed E-state index contributed by atoms with van der Waals surface area (Å²) in [6, 6.07) is 8.31. The van der Waals surface area contributed by atoms with Crippen molar-refractivity contribution in [3.8, 4) is 5.75 Å². The van der Waals surface area contributed by atoms with Crippen molar-refractivity contribution < 1.29 is 4.74 Å². The summed E-state index contributed by atoms with van der Waals surface area (Å²) >= 11 is 0. The van der Waals surface area contributed by atoms with Crippen LogP contribution in [0.1, 0.15) is 25.8 Å². The summed E-state index contributed by atoms with van der Waals surface area (Å²) in [5.74, 6) is 0.839. The van der Waals surface area contributed by atoms with Gasteiger partial charge in [0.2, 0.25) is 0 Å². The summed E-state index contributed by atoms with van der Waals surface area (Å²) < 4.78 is 5.55. The van der Waals surface area contributed by atoms with Crippen LogP contribution in [0.4, 0.5) is 0 Å². The van der Waals surface area contributed by atoms with Crippen LogP contribution < -0.4 is 15.6 Å². The third-order valence-corrected chi connectivity index (χ3v) is 4.43. The molecule has 1 atom stereocenters. The number of nitrogens with one attached hydrogen (secondary N) is 2. The van der Waals surface area contributed by atoms with E-state index in [1.54, 1.807) is 0 Å². The van der Waals surface area contributed by atoms with Gasteiger partial charge in [0.15, 0.2) is 0 Å². The molecule has 0 spiro atoms. The molecule has 5 nitrogen and oxygen atoms in total. The van der Waals surface area contributed by atoms with Gasteiger partial charge in [-0.15, -0.1) is 0 Å². The van der Waals surface area contributed by atoms with E-state index in [1.165, 1.54) is 0 Å². The van der Waals surface area contributed by atoms with Gasteiger partial charge in [0.1, 0.15) is 5.75 Å². The number of H-pyrrole nitrogens is 1. The molecule has 1 aromatic heterocycles. The van der Waals surface area contributed by atoms with Crippen molar-refractivity contribution in [3.63, 3.8) is 0 Å². The number of rotatable bonds is 5. The van der Waals surface area contributed by atoms with E-state index >= 15 is 0 Å². The summed E-state index contributed by atoms with van der Waals surface area (Å²) in [7, 11) is 0. The number of piperazine rings is 1. The highest BCUT2D eigenvalue weighted by Gasteiger charge is 2.18. The Morgan fingerprint density at radius 2 is 2.17 bits per heavy atom. The first-order valence-corrected chi connectivity index (χ1v) is 8.44. The number of benzene rings is 1.